The van der Waals surface area contributed by atoms with E-state index >= 15 is 4.39 Å². The quantitative estimate of drug-likeness (QED) is 0.302. The summed E-state index contributed by atoms with van der Waals surface area (Å²) in [6.07, 6.45) is 3.62. The Bertz CT molecular complexity index is 895. The maximum atomic E-state index is 15.4. The van der Waals surface area contributed by atoms with Gasteiger partial charge in [-0.15, -0.1) is 0 Å². The number of halogens is 2. The molecule has 1 aliphatic carbocycles. The first-order valence-corrected chi connectivity index (χ1v) is 12.0. The van der Waals surface area contributed by atoms with Crippen molar-refractivity contribution in [2.75, 3.05) is 44.1 Å². The molecule has 1 aromatic rings. The van der Waals surface area contributed by atoms with Crippen molar-refractivity contribution in [3.8, 4) is 0 Å². The minimum absolute atomic E-state index is 0.0214. The molecule has 2 atom stereocenters. The fourth-order valence-electron chi connectivity index (χ4n) is 5.21. The molecule has 2 heterocycles. The largest absolute Gasteiger partial charge is 0.465 e. The first-order valence-electron chi connectivity index (χ1n) is 11.6. The minimum Gasteiger partial charge on any atom is -0.465 e. The number of nitrogens with one attached hydrogen (secondary N) is 3. The Morgan fingerprint density at radius 3 is 2.56 bits per heavy atom. The highest BCUT2D eigenvalue weighted by atomic mass is 35.5. The van der Waals surface area contributed by atoms with Crippen molar-refractivity contribution in [1.82, 2.24) is 25.6 Å². The maximum Gasteiger partial charge on any atom is 0.404 e. The molecule has 2 fully saturated rings. The minimum atomic E-state index is -1.19. The lowest BCUT2D eigenvalue weighted by Gasteiger charge is -2.30. The van der Waals surface area contributed by atoms with Gasteiger partial charge in [-0.2, -0.15) is 14.4 Å². The van der Waals surface area contributed by atoms with Crippen LogP contribution in [0, 0.1) is 23.1 Å². The first-order chi connectivity index (χ1) is 16.0. The Balaban J connectivity index is 1.71. The highest BCUT2D eigenvalue weighted by Gasteiger charge is 2.42. The van der Waals surface area contributed by atoms with Gasteiger partial charge in [0.25, 0.3) is 0 Å². The molecular weight excluding hydrogens is 465 g/mol. The molecule has 4 N–H and O–H groups in total. The van der Waals surface area contributed by atoms with Gasteiger partial charge in [-0.25, -0.2) is 4.79 Å². The number of aromatic nitrogens is 2. The average Bonchev–Trinajstić information content (AvgIpc) is 3.37. The fourth-order valence-corrected chi connectivity index (χ4v) is 5.37. The zero-order chi connectivity index (χ0) is 25.0. The summed E-state index contributed by atoms with van der Waals surface area (Å²) < 4.78 is 15.4. The lowest BCUT2D eigenvalue weighted by atomic mass is 9.87. The number of hydrogen-bond donors (Lipinski definition) is 4. The molecule has 1 aromatic heterocycles. The number of hydrazine groups is 1. The van der Waals surface area contributed by atoms with Crippen LogP contribution in [0.2, 0.25) is 5.28 Å². The van der Waals surface area contributed by atoms with Crippen LogP contribution in [0.3, 0.4) is 0 Å². The summed E-state index contributed by atoms with van der Waals surface area (Å²) in [4.78, 5) is 35.8. The molecule has 1 saturated heterocycles. The summed E-state index contributed by atoms with van der Waals surface area (Å²) in [5.74, 6) is -1.54. The highest BCUT2D eigenvalue weighted by molar-refractivity contribution is 6.28. The van der Waals surface area contributed by atoms with Crippen LogP contribution in [-0.4, -0.2) is 71.7 Å². The molecule has 0 bridgehead atoms. The predicted molar refractivity (Wildman–Crippen MR) is 128 cm³/mol. The van der Waals surface area contributed by atoms with Gasteiger partial charge in [0.1, 0.15) is 0 Å². The van der Waals surface area contributed by atoms with Crippen LogP contribution >= 0.6 is 11.6 Å². The molecule has 3 rings (SSSR count). The van der Waals surface area contributed by atoms with E-state index in [1.54, 1.807) is 0 Å². The third-order valence-corrected chi connectivity index (χ3v) is 7.06. The Morgan fingerprint density at radius 2 is 1.97 bits per heavy atom. The topological polar surface area (TPSA) is 123 Å². The second-order valence-corrected chi connectivity index (χ2v) is 10.5. The highest BCUT2D eigenvalue weighted by Crippen LogP contribution is 2.36. The fraction of sp³-hybridized carbons (Fsp3) is 0.727. The van der Waals surface area contributed by atoms with Crippen molar-refractivity contribution in [3.05, 3.63) is 11.1 Å². The average molecular weight is 500 g/mol. The number of nitrogens with zero attached hydrogens (tertiary/aromatic N) is 4. The summed E-state index contributed by atoms with van der Waals surface area (Å²) in [6.45, 7) is 5.36. The van der Waals surface area contributed by atoms with Gasteiger partial charge in [-0.05, 0) is 43.5 Å². The SMILES string of the molecule is CN(C)C1CN(c2nc(Cl)nc(NNC(=O)[C@@H](CNC(=O)O)CC3CCCC3)c2F)CC1(C)C. The molecule has 34 heavy (non-hydrogen) atoms. The van der Waals surface area contributed by atoms with Gasteiger partial charge in [-0.1, -0.05) is 39.5 Å². The molecule has 0 radical (unpaired) electrons. The summed E-state index contributed by atoms with van der Waals surface area (Å²) >= 11 is 6.09. The van der Waals surface area contributed by atoms with E-state index in [1.165, 1.54) is 0 Å². The van der Waals surface area contributed by atoms with Gasteiger partial charge in [0.05, 0.1) is 5.92 Å². The zero-order valence-electron chi connectivity index (χ0n) is 20.2. The van der Waals surface area contributed by atoms with Crippen LogP contribution in [0.4, 0.5) is 20.8 Å². The van der Waals surface area contributed by atoms with Crippen molar-refractivity contribution >= 4 is 35.2 Å². The van der Waals surface area contributed by atoms with Gasteiger partial charge in [-0.3, -0.25) is 15.6 Å². The molecule has 0 aromatic carbocycles. The number of likely N-dealkylation sites (N-methyl/N-ethyl adjacent to an activating group) is 1. The van der Waals surface area contributed by atoms with Crippen LogP contribution in [-0.2, 0) is 4.79 Å². The number of rotatable bonds is 9. The third kappa shape index (κ3) is 6.38. The van der Waals surface area contributed by atoms with Crippen LogP contribution in [0.1, 0.15) is 46.0 Å². The summed E-state index contributed by atoms with van der Waals surface area (Å²) in [5, 5.41) is 11.1. The maximum absolute atomic E-state index is 15.4. The summed E-state index contributed by atoms with van der Waals surface area (Å²) in [5.41, 5.74) is 4.93. The zero-order valence-corrected chi connectivity index (χ0v) is 21.0. The number of carbonyl (C=O) groups is 2. The Hall–Kier alpha value is -2.40. The molecule has 1 aliphatic heterocycles. The smallest absolute Gasteiger partial charge is 0.404 e. The second kappa shape index (κ2) is 10.9. The molecule has 10 nitrogen and oxygen atoms in total. The van der Waals surface area contributed by atoms with Gasteiger partial charge in [0.2, 0.25) is 17.0 Å². The van der Waals surface area contributed by atoms with Gasteiger partial charge in [0, 0.05) is 25.7 Å². The van der Waals surface area contributed by atoms with E-state index in [2.05, 4.69) is 44.9 Å². The van der Waals surface area contributed by atoms with Crippen LogP contribution < -0.4 is 21.1 Å². The van der Waals surface area contributed by atoms with Gasteiger partial charge in [0.15, 0.2) is 11.6 Å². The number of anilines is 2. The lowest BCUT2D eigenvalue weighted by molar-refractivity contribution is -0.124. The number of carboxylic acid groups (broad SMARTS) is 1. The molecule has 2 amide bonds. The van der Waals surface area contributed by atoms with Crippen LogP contribution in [0.5, 0.6) is 0 Å². The van der Waals surface area contributed by atoms with Crippen molar-refractivity contribution in [1.29, 1.82) is 0 Å². The van der Waals surface area contributed by atoms with Crippen LogP contribution in [0.15, 0.2) is 0 Å². The summed E-state index contributed by atoms with van der Waals surface area (Å²) in [7, 11) is 3.98. The van der Waals surface area contributed by atoms with Crippen molar-refractivity contribution in [3.63, 3.8) is 0 Å². The van der Waals surface area contributed by atoms with E-state index in [9.17, 15) is 9.59 Å². The van der Waals surface area contributed by atoms with E-state index in [0.29, 0.717) is 25.4 Å². The third-order valence-electron chi connectivity index (χ3n) is 6.89. The predicted octanol–water partition coefficient (Wildman–Crippen LogP) is 2.95. The van der Waals surface area contributed by atoms with Crippen molar-refractivity contribution < 1.29 is 19.1 Å². The monoisotopic (exact) mass is 499 g/mol. The molecule has 1 saturated carbocycles. The second-order valence-electron chi connectivity index (χ2n) is 10.2. The number of carbonyl (C=O) groups excluding carboxylic acids is 1. The van der Waals surface area contributed by atoms with Gasteiger partial charge >= 0.3 is 6.09 Å². The Labute approximate surface area is 204 Å². The van der Waals surface area contributed by atoms with E-state index in [4.69, 9.17) is 16.7 Å². The molecule has 2 aliphatic rings. The molecule has 190 valence electrons. The van der Waals surface area contributed by atoms with Crippen LogP contribution in [0.25, 0.3) is 0 Å². The summed E-state index contributed by atoms with van der Waals surface area (Å²) in [6, 6.07) is 0.190. The number of amides is 2. The van der Waals surface area contributed by atoms with Crippen molar-refractivity contribution in [2.45, 2.75) is 52.0 Å². The molecule has 1 unspecified atom stereocenters. The molecule has 0 spiro atoms. The van der Waals surface area contributed by atoms with Gasteiger partial charge < -0.3 is 20.2 Å². The molecule has 12 heteroatoms. The standard InChI is InChI=1S/C22H35ClFN7O3/c1-22(2)12-31(11-15(22)30(3)4)18-16(24)17(26-20(23)27-18)28-29-19(32)14(10-25-21(33)34)9-13-7-5-6-8-13/h13-15,25H,5-12H2,1-4H3,(H,29,32)(H,33,34)(H,26,27,28)/t14-,15?/m1/s1. The molecular formula is C22H35ClFN7O3. The van der Waals surface area contributed by atoms with E-state index < -0.39 is 23.7 Å². The van der Waals surface area contributed by atoms with E-state index in [-0.39, 0.29) is 34.9 Å². The Morgan fingerprint density at radius 1 is 1.29 bits per heavy atom. The lowest BCUT2D eigenvalue weighted by Crippen LogP contribution is -2.42. The first kappa shape index (κ1) is 26.2. The number of hydrogen-bond acceptors (Lipinski definition) is 7. The Kier molecular flexibility index (Phi) is 8.40. The van der Waals surface area contributed by atoms with Crippen molar-refractivity contribution in [2.24, 2.45) is 17.3 Å². The normalized spacial score (nSPS) is 21.0. The van der Waals surface area contributed by atoms with E-state index in [1.807, 2.05) is 19.0 Å². The van der Waals surface area contributed by atoms with E-state index in [0.717, 1.165) is 25.7 Å².